The Hall–Kier alpha value is -1.13. The van der Waals surface area contributed by atoms with E-state index in [9.17, 15) is 18.3 Å². The topological polar surface area (TPSA) is 122 Å². The molecule has 1 aromatic rings. The van der Waals surface area contributed by atoms with Gasteiger partial charge in [0.25, 0.3) is 0 Å². The number of nitrogens with zero attached hydrogens (tertiary/aromatic N) is 3. The fraction of sp³-hybridized carbons (Fsp3) is 0.700. The monoisotopic (exact) mass is 321 g/mol. The molecule has 2 heterocycles. The lowest BCUT2D eigenvalue weighted by atomic mass is 10.0. The first-order valence-corrected chi connectivity index (χ1v) is 8.69. The second-order valence-electron chi connectivity index (χ2n) is 4.91. The molecule has 112 valence electrons. The number of hydrogen-bond donors (Lipinski definition) is 2. The van der Waals surface area contributed by atoms with Crippen LogP contribution in [0.2, 0.25) is 0 Å². The molecule has 0 saturated carbocycles. The summed E-state index contributed by atoms with van der Waals surface area (Å²) in [6.45, 7) is 1.38. The first kappa shape index (κ1) is 15.3. The van der Waals surface area contributed by atoms with E-state index in [0.29, 0.717) is 11.6 Å². The van der Waals surface area contributed by atoms with Crippen LogP contribution in [0.4, 0.5) is 0 Å². The minimum absolute atomic E-state index is 0.0638. The number of carbonyl (C=O) groups is 1. The van der Waals surface area contributed by atoms with Gasteiger partial charge in [-0.15, -0.1) is 10.2 Å². The maximum absolute atomic E-state index is 11.7. The molecule has 1 atom stereocenters. The zero-order valence-electron chi connectivity index (χ0n) is 10.8. The lowest BCUT2D eigenvalue weighted by Crippen LogP contribution is -2.33. The smallest absolute Gasteiger partial charge is 0.313 e. The SMILES string of the molecule is CC1(n2c(CO)nnc2SCC(=O)O)CCS(=O)(=O)C1. The number of rotatable bonds is 5. The fourth-order valence-electron chi connectivity index (χ4n) is 2.33. The van der Waals surface area contributed by atoms with Gasteiger partial charge in [-0.2, -0.15) is 0 Å². The third kappa shape index (κ3) is 2.96. The van der Waals surface area contributed by atoms with Crippen molar-refractivity contribution in [3.8, 4) is 0 Å². The van der Waals surface area contributed by atoms with E-state index < -0.39 is 21.3 Å². The molecule has 1 aliphatic rings. The number of aliphatic hydroxyl groups is 1. The van der Waals surface area contributed by atoms with Gasteiger partial charge >= 0.3 is 5.97 Å². The van der Waals surface area contributed by atoms with Crippen LogP contribution in [0.3, 0.4) is 0 Å². The molecule has 10 heteroatoms. The summed E-state index contributed by atoms with van der Waals surface area (Å²) in [7, 11) is -3.14. The minimum Gasteiger partial charge on any atom is -0.481 e. The van der Waals surface area contributed by atoms with Crippen LogP contribution in [-0.2, 0) is 26.8 Å². The van der Waals surface area contributed by atoms with Crippen molar-refractivity contribution < 1.29 is 23.4 Å². The molecule has 20 heavy (non-hydrogen) atoms. The molecule has 0 bridgehead atoms. The molecule has 0 amide bonds. The number of carboxylic acids is 1. The summed E-state index contributed by atoms with van der Waals surface area (Å²) in [6.07, 6.45) is 0.390. The number of aromatic nitrogens is 3. The molecule has 2 rings (SSSR count). The van der Waals surface area contributed by atoms with Gasteiger partial charge in [-0.05, 0) is 13.3 Å². The molecule has 2 N–H and O–H groups in total. The molecule has 8 nitrogen and oxygen atoms in total. The van der Waals surface area contributed by atoms with Crippen molar-refractivity contribution in [2.24, 2.45) is 0 Å². The summed E-state index contributed by atoms with van der Waals surface area (Å²) >= 11 is 0.961. The van der Waals surface area contributed by atoms with Crippen molar-refractivity contribution in [3.05, 3.63) is 5.82 Å². The fourth-order valence-corrected chi connectivity index (χ4v) is 5.26. The largest absolute Gasteiger partial charge is 0.481 e. The molecule has 1 unspecified atom stereocenters. The highest BCUT2D eigenvalue weighted by molar-refractivity contribution is 7.99. The van der Waals surface area contributed by atoms with Gasteiger partial charge in [0.2, 0.25) is 0 Å². The van der Waals surface area contributed by atoms with Crippen LogP contribution >= 0.6 is 11.8 Å². The van der Waals surface area contributed by atoms with Crippen molar-refractivity contribution >= 4 is 27.6 Å². The summed E-state index contributed by atoms with van der Waals surface area (Å²) in [5, 5.41) is 26.0. The van der Waals surface area contributed by atoms with Crippen LogP contribution in [0, 0.1) is 0 Å². The summed E-state index contributed by atoms with van der Waals surface area (Å²) in [4.78, 5) is 10.6. The average molecular weight is 321 g/mol. The second-order valence-corrected chi connectivity index (χ2v) is 8.04. The third-order valence-corrected chi connectivity index (χ3v) is 5.99. The molecule has 1 fully saturated rings. The molecule has 1 saturated heterocycles. The van der Waals surface area contributed by atoms with Crippen molar-refractivity contribution in [1.29, 1.82) is 0 Å². The van der Waals surface area contributed by atoms with Crippen molar-refractivity contribution in [1.82, 2.24) is 14.8 Å². The first-order chi connectivity index (χ1) is 9.27. The van der Waals surface area contributed by atoms with Crippen LogP contribution in [0.25, 0.3) is 0 Å². The van der Waals surface area contributed by atoms with E-state index in [0.717, 1.165) is 11.8 Å². The van der Waals surface area contributed by atoms with E-state index in [1.165, 1.54) is 0 Å². The number of thioether (sulfide) groups is 1. The Bertz CT molecular complexity index is 627. The number of carboxylic acid groups (broad SMARTS) is 1. The molecule has 0 aliphatic carbocycles. The Morgan fingerprint density at radius 1 is 1.50 bits per heavy atom. The van der Waals surface area contributed by atoms with Gasteiger partial charge in [-0.1, -0.05) is 11.8 Å². The minimum atomic E-state index is -3.14. The molecular formula is C10H15N3O5S2. The quantitative estimate of drug-likeness (QED) is 0.695. The number of aliphatic hydroxyl groups excluding tert-OH is 1. The van der Waals surface area contributed by atoms with Gasteiger partial charge in [-0.25, -0.2) is 8.42 Å². The van der Waals surface area contributed by atoms with Crippen LogP contribution in [0.5, 0.6) is 0 Å². The summed E-state index contributed by atoms with van der Waals surface area (Å²) < 4.78 is 25.0. The van der Waals surface area contributed by atoms with Crippen LogP contribution in [0.1, 0.15) is 19.2 Å². The second kappa shape index (κ2) is 5.34. The number of hydrogen-bond acceptors (Lipinski definition) is 7. The van der Waals surface area contributed by atoms with Crippen LogP contribution in [-0.4, -0.2) is 56.6 Å². The lowest BCUT2D eigenvalue weighted by molar-refractivity contribution is -0.133. The molecule has 0 radical (unpaired) electrons. The maximum Gasteiger partial charge on any atom is 0.313 e. The van der Waals surface area contributed by atoms with E-state index in [4.69, 9.17) is 5.11 Å². The normalized spacial score (nSPS) is 24.9. The highest BCUT2D eigenvalue weighted by atomic mass is 32.2. The van der Waals surface area contributed by atoms with Gasteiger partial charge in [0.1, 0.15) is 6.61 Å². The Morgan fingerprint density at radius 3 is 2.70 bits per heavy atom. The predicted molar refractivity (Wildman–Crippen MR) is 71.2 cm³/mol. The Kier molecular flexibility index (Phi) is 4.07. The van der Waals surface area contributed by atoms with Gasteiger partial charge in [0, 0.05) is 0 Å². The Balaban J connectivity index is 2.38. The number of aliphatic carboxylic acids is 1. The van der Waals surface area contributed by atoms with Gasteiger partial charge in [-0.3, -0.25) is 9.36 Å². The third-order valence-electron chi connectivity index (χ3n) is 3.19. The number of sulfone groups is 1. The van der Waals surface area contributed by atoms with Crippen LogP contribution < -0.4 is 0 Å². The molecule has 0 aromatic carbocycles. The Labute approximate surface area is 120 Å². The standard InChI is InChI=1S/C10H15N3O5S2/c1-10(2-3-20(17,18)6-10)13-7(4-14)11-12-9(13)19-5-8(15)16/h14H,2-6H2,1H3,(H,15,16). The Morgan fingerprint density at radius 2 is 2.20 bits per heavy atom. The average Bonchev–Trinajstić information content (AvgIpc) is 2.88. The van der Waals surface area contributed by atoms with Gasteiger partial charge < -0.3 is 10.2 Å². The molecule has 1 aromatic heterocycles. The highest BCUT2D eigenvalue weighted by Gasteiger charge is 2.42. The summed E-state index contributed by atoms with van der Waals surface area (Å²) in [6, 6.07) is 0. The zero-order valence-corrected chi connectivity index (χ0v) is 12.4. The maximum atomic E-state index is 11.7. The van der Waals surface area contributed by atoms with E-state index in [1.807, 2.05) is 0 Å². The summed E-state index contributed by atoms with van der Waals surface area (Å²) in [5.41, 5.74) is -0.749. The van der Waals surface area contributed by atoms with Crippen molar-refractivity contribution in [3.63, 3.8) is 0 Å². The van der Waals surface area contributed by atoms with Crippen molar-refractivity contribution in [2.75, 3.05) is 17.3 Å². The van der Waals surface area contributed by atoms with E-state index >= 15 is 0 Å². The molecular weight excluding hydrogens is 306 g/mol. The van der Waals surface area contributed by atoms with E-state index in [1.54, 1.807) is 11.5 Å². The van der Waals surface area contributed by atoms with Gasteiger partial charge in [0.15, 0.2) is 20.8 Å². The first-order valence-electron chi connectivity index (χ1n) is 5.88. The zero-order chi connectivity index (χ0) is 15.0. The molecule has 0 spiro atoms. The molecule has 1 aliphatic heterocycles. The van der Waals surface area contributed by atoms with Crippen LogP contribution in [0.15, 0.2) is 5.16 Å². The summed E-state index contributed by atoms with van der Waals surface area (Å²) in [5.74, 6) is -0.954. The van der Waals surface area contributed by atoms with Crippen molar-refractivity contribution in [2.45, 2.75) is 30.6 Å². The van der Waals surface area contributed by atoms with Gasteiger partial charge in [0.05, 0.1) is 22.8 Å². The predicted octanol–water partition coefficient (Wildman–Crippen LogP) is -0.519. The lowest BCUT2D eigenvalue weighted by Gasteiger charge is -2.27. The van der Waals surface area contributed by atoms with E-state index in [2.05, 4.69) is 10.2 Å². The van der Waals surface area contributed by atoms with E-state index in [-0.39, 0.29) is 29.7 Å². The highest BCUT2D eigenvalue weighted by Crippen LogP contribution is 2.35.